The number of rotatable bonds is 6. The minimum atomic E-state index is -0.0815. The van der Waals surface area contributed by atoms with Gasteiger partial charge in [0.15, 0.2) is 5.71 Å². The van der Waals surface area contributed by atoms with E-state index in [1.165, 1.54) is 11.3 Å². The van der Waals surface area contributed by atoms with Gasteiger partial charge in [-0.2, -0.15) is 5.10 Å². The van der Waals surface area contributed by atoms with Gasteiger partial charge in [-0.3, -0.25) is 9.79 Å². The number of carbonyl (C=O) groups excluding carboxylic acids is 1. The van der Waals surface area contributed by atoms with Crippen molar-refractivity contribution in [2.45, 2.75) is 20.8 Å². The third kappa shape index (κ3) is 3.93. The largest absolute Gasteiger partial charge is 0.496 e. The number of methoxy groups -OCH3 is 1. The Kier molecular flexibility index (Phi) is 6.04. The number of thiazole rings is 1. The van der Waals surface area contributed by atoms with Crippen LogP contribution in [0.3, 0.4) is 0 Å². The average Bonchev–Trinajstić information content (AvgIpc) is 3.28. The van der Waals surface area contributed by atoms with E-state index in [1.807, 2.05) is 65.7 Å². The Labute approximate surface area is 186 Å². The maximum atomic E-state index is 13.4. The lowest BCUT2D eigenvalue weighted by atomic mass is 10.1. The first kappa shape index (κ1) is 21.1. The highest BCUT2D eigenvalue weighted by molar-refractivity contribution is 7.07. The first-order chi connectivity index (χ1) is 15.0. The summed E-state index contributed by atoms with van der Waals surface area (Å²) in [5.74, 6) is 1.01. The van der Waals surface area contributed by atoms with Crippen LogP contribution in [-0.4, -0.2) is 36.5 Å². The maximum Gasteiger partial charge on any atom is 0.279 e. The fraction of sp³-hybridized carbons (Fsp3) is 0.292. The molecule has 0 saturated heterocycles. The van der Waals surface area contributed by atoms with Crippen LogP contribution >= 0.6 is 11.3 Å². The summed E-state index contributed by atoms with van der Waals surface area (Å²) in [6, 6.07) is 15.6. The van der Waals surface area contributed by atoms with Crippen molar-refractivity contribution in [2.24, 2.45) is 16.0 Å². The number of anilines is 1. The third-order valence-corrected chi connectivity index (χ3v) is 5.86. The van der Waals surface area contributed by atoms with Crippen LogP contribution in [0, 0.1) is 5.92 Å². The Morgan fingerprint density at radius 1 is 1.06 bits per heavy atom. The van der Waals surface area contributed by atoms with Gasteiger partial charge < -0.3 is 9.64 Å². The molecule has 7 heteroatoms. The molecule has 0 atom stereocenters. The van der Waals surface area contributed by atoms with Gasteiger partial charge in [-0.1, -0.05) is 44.2 Å². The van der Waals surface area contributed by atoms with E-state index in [0.717, 1.165) is 33.1 Å². The predicted octanol–water partition coefficient (Wildman–Crippen LogP) is 4.40. The summed E-state index contributed by atoms with van der Waals surface area (Å²) in [5, 5.41) is 6.88. The van der Waals surface area contributed by atoms with Crippen molar-refractivity contribution in [1.82, 2.24) is 4.68 Å². The molecule has 1 aliphatic rings. The molecule has 0 fully saturated rings. The quantitative estimate of drug-likeness (QED) is 0.577. The Morgan fingerprint density at radius 3 is 2.48 bits per heavy atom. The monoisotopic (exact) mass is 434 g/mol. The second kappa shape index (κ2) is 8.89. The molecule has 3 aromatic rings. The molecule has 31 heavy (non-hydrogen) atoms. The number of carbonyl (C=O) groups is 1. The lowest BCUT2D eigenvalue weighted by Crippen LogP contribution is -2.34. The number of para-hydroxylation sites is 2. The standard InChI is InChI=1S/C24H26N4O2S/c1-5-25-24-28(20(15-31-24)17-10-7-9-13-21(17)30-4)26-22-18-11-6-8-12-19(18)27(23(22)29)14-16(2)3/h6-13,15-16H,5,14H2,1-4H3. The fourth-order valence-electron chi connectivity index (χ4n) is 3.69. The molecule has 2 aromatic carbocycles. The second-order valence-corrected chi connectivity index (χ2v) is 8.50. The van der Waals surface area contributed by atoms with Crippen molar-refractivity contribution in [3.63, 3.8) is 0 Å². The molecular formula is C24H26N4O2S. The molecule has 0 unspecified atom stereocenters. The summed E-state index contributed by atoms with van der Waals surface area (Å²) in [5.41, 5.74) is 3.93. The smallest absolute Gasteiger partial charge is 0.279 e. The molecule has 6 nitrogen and oxygen atoms in total. The lowest BCUT2D eigenvalue weighted by Gasteiger charge is -2.18. The molecule has 0 aliphatic carbocycles. The van der Waals surface area contributed by atoms with E-state index >= 15 is 0 Å². The van der Waals surface area contributed by atoms with Crippen molar-refractivity contribution in [3.05, 3.63) is 64.3 Å². The molecule has 160 valence electrons. The number of hydrogen-bond donors (Lipinski definition) is 0. The SMILES string of the molecule is CCN=c1scc(-c2ccccc2OC)n1N=C1C(=O)N(CC(C)C)c2ccccc21. The van der Waals surface area contributed by atoms with Gasteiger partial charge in [0.2, 0.25) is 4.80 Å². The van der Waals surface area contributed by atoms with E-state index in [-0.39, 0.29) is 5.91 Å². The van der Waals surface area contributed by atoms with Gasteiger partial charge >= 0.3 is 0 Å². The molecule has 1 aromatic heterocycles. The zero-order valence-corrected chi connectivity index (χ0v) is 19.0. The number of fused-ring (bicyclic) bond motifs is 1. The summed E-state index contributed by atoms with van der Waals surface area (Å²) in [6.07, 6.45) is 0. The lowest BCUT2D eigenvalue weighted by molar-refractivity contribution is -0.112. The Bertz CT molecular complexity index is 1210. The van der Waals surface area contributed by atoms with Crippen LogP contribution in [0.15, 0.2) is 64.0 Å². The molecule has 0 spiro atoms. The summed E-state index contributed by atoms with van der Waals surface area (Å²) in [6.45, 7) is 7.48. The zero-order valence-electron chi connectivity index (χ0n) is 18.2. The topological polar surface area (TPSA) is 59.2 Å². The molecule has 4 rings (SSSR count). The van der Waals surface area contributed by atoms with Gasteiger partial charge in [0.05, 0.1) is 18.5 Å². The van der Waals surface area contributed by atoms with E-state index in [9.17, 15) is 4.79 Å². The number of amides is 1. The number of nitrogens with zero attached hydrogens (tertiary/aromatic N) is 4. The van der Waals surface area contributed by atoms with Crippen LogP contribution in [-0.2, 0) is 4.79 Å². The third-order valence-electron chi connectivity index (χ3n) is 5.01. The van der Waals surface area contributed by atoms with Crippen LogP contribution < -0.4 is 14.4 Å². The van der Waals surface area contributed by atoms with E-state index in [1.54, 1.807) is 11.8 Å². The van der Waals surface area contributed by atoms with Crippen molar-refractivity contribution < 1.29 is 9.53 Å². The van der Waals surface area contributed by atoms with E-state index in [0.29, 0.717) is 24.7 Å². The predicted molar refractivity (Wildman–Crippen MR) is 126 cm³/mol. The summed E-state index contributed by atoms with van der Waals surface area (Å²) < 4.78 is 7.34. The molecule has 0 bridgehead atoms. The van der Waals surface area contributed by atoms with Crippen LogP contribution in [0.25, 0.3) is 11.3 Å². The van der Waals surface area contributed by atoms with Crippen molar-refractivity contribution in [1.29, 1.82) is 0 Å². The summed E-state index contributed by atoms with van der Waals surface area (Å²) in [4.78, 5) is 20.6. The van der Waals surface area contributed by atoms with Gasteiger partial charge in [0, 0.05) is 29.6 Å². The van der Waals surface area contributed by atoms with Crippen LogP contribution in [0.5, 0.6) is 5.75 Å². The normalized spacial score (nSPS) is 15.3. The van der Waals surface area contributed by atoms with E-state index < -0.39 is 0 Å². The molecule has 1 aliphatic heterocycles. The highest BCUT2D eigenvalue weighted by Gasteiger charge is 2.34. The highest BCUT2D eigenvalue weighted by Crippen LogP contribution is 2.32. The van der Waals surface area contributed by atoms with Gasteiger partial charge in [-0.25, -0.2) is 4.68 Å². The van der Waals surface area contributed by atoms with Gasteiger partial charge in [-0.05, 0) is 31.0 Å². The van der Waals surface area contributed by atoms with Crippen molar-refractivity contribution in [2.75, 3.05) is 25.1 Å². The van der Waals surface area contributed by atoms with Gasteiger partial charge in [0.25, 0.3) is 5.91 Å². The highest BCUT2D eigenvalue weighted by atomic mass is 32.1. The zero-order chi connectivity index (χ0) is 22.0. The first-order valence-corrected chi connectivity index (χ1v) is 11.3. The van der Waals surface area contributed by atoms with Crippen LogP contribution in [0.2, 0.25) is 0 Å². The minimum Gasteiger partial charge on any atom is -0.496 e. The van der Waals surface area contributed by atoms with Crippen LogP contribution in [0.4, 0.5) is 5.69 Å². The minimum absolute atomic E-state index is 0.0815. The first-order valence-electron chi connectivity index (χ1n) is 10.4. The number of ether oxygens (including phenoxy) is 1. The Hall–Kier alpha value is -3.19. The van der Waals surface area contributed by atoms with E-state index in [4.69, 9.17) is 9.84 Å². The van der Waals surface area contributed by atoms with Crippen molar-refractivity contribution in [3.8, 4) is 17.0 Å². The van der Waals surface area contributed by atoms with Gasteiger partial charge in [-0.15, -0.1) is 11.3 Å². The van der Waals surface area contributed by atoms with E-state index in [2.05, 4.69) is 18.8 Å². The molecular weight excluding hydrogens is 408 g/mol. The molecule has 2 heterocycles. The fourth-order valence-corrected chi connectivity index (χ4v) is 4.57. The second-order valence-electron chi connectivity index (χ2n) is 7.67. The molecule has 0 saturated carbocycles. The molecule has 0 radical (unpaired) electrons. The summed E-state index contributed by atoms with van der Waals surface area (Å²) in [7, 11) is 1.65. The van der Waals surface area contributed by atoms with Gasteiger partial charge in [0.1, 0.15) is 5.75 Å². The van der Waals surface area contributed by atoms with Crippen molar-refractivity contribution >= 4 is 28.6 Å². The maximum absolute atomic E-state index is 13.4. The number of hydrogen-bond acceptors (Lipinski definition) is 5. The average molecular weight is 435 g/mol. The molecule has 0 N–H and O–H groups in total. The molecule has 1 amide bonds. The number of aromatic nitrogens is 1. The summed E-state index contributed by atoms with van der Waals surface area (Å²) >= 11 is 1.50. The Balaban J connectivity index is 1.92. The van der Waals surface area contributed by atoms with Crippen LogP contribution in [0.1, 0.15) is 26.3 Å². The number of benzene rings is 2. The Morgan fingerprint density at radius 2 is 1.77 bits per heavy atom.